The molecule has 24 heavy (non-hydrogen) atoms. The summed E-state index contributed by atoms with van der Waals surface area (Å²) >= 11 is 0. The van der Waals surface area contributed by atoms with E-state index in [1.54, 1.807) is 19.2 Å². The smallest absolute Gasteiger partial charge is 0.267 e. The number of carbonyl (C=O) groups excluding carboxylic acids is 2. The van der Waals surface area contributed by atoms with E-state index < -0.39 is 27.9 Å². The molecule has 1 fully saturated rings. The van der Waals surface area contributed by atoms with Gasteiger partial charge in [-0.1, -0.05) is 17.7 Å². The molecule has 1 N–H and O–H groups in total. The summed E-state index contributed by atoms with van der Waals surface area (Å²) in [6, 6.07) is 5.22. The second kappa shape index (κ2) is 7.76. The number of hydrogen-bond acceptors (Lipinski definition) is 5. The maximum atomic E-state index is 12.8. The van der Waals surface area contributed by atoms with Crippen molar-refractivity contribution in [2.45, 2.75) is 37.1 Å². The van der Waals surface area contributed by atoms with Gasteiger partial charge in [0.2, 0.25) is 11.8 Å². The Kier molecular flexibility index (Phi) is 5.95. The molecule has 8 heteroatoms. The summed E-state index contributed by atoms with van der Waals surface area (Å²) in [5.41, 5.74) is 0.911. The molecule has 1 aromatic rings. The van der Waals surface area contributed by atoms with Crippen molar-refractivity contribution >= 4 is 21.8 Å². The van der Waals surface area contributed by atoms with Crippen LogP contribution in [0.2, 0.25) is 0 Å². The van der Waals surface area contributed by atoms with Crippen molar-refractivity contribution in [3.05, 3.63) is 29.8 Å². The maximum Gasteiger partial charge on any atom is 0.267 e. The Balaban J connectivity index is 2.17. The van der Waals surface area contributed by atoms with Crippen molar-refractivity contribution in [2.24, 2.45) is 0 Å². The number of sulfonamides is 1. The van der Waals surface area contributed by atoms with Gasteiger partial charge in [0.15, 0.2) is 0 Å². The Labute approximate surface area is 142 Å². The molecule has 0 spiro atoms. The van der Waals surface area contributed by atoms with E-state index in [4.69, 9.17) is 4.74 Å². The molecule has 0 aromatic heterocycles. The summed E-state index contributed by atoms with van der Waals surface area (Å²) in [6.07, 6.45) is 0.856. The lowest BCUT2D eigenvalue weighted by Crippen LogP contribution is -2.47. The van der Waals surface area contributed by atoms with Crippen LogP contribution in [-0.2, 0) is 24.3 Å². The molecular formula is C16H22N2O5S. The maximum absolute atomic E-state index is 12.8. The molecule has 1 aromatic carbocycles. The van der Waals surface area contributed by atoms with E-state index in [2.05, 4.69) is 5.32 Å². The summed E-state index contributed by atoms with van der Waals surface area (Å²) < 4.78 is 31.1. The monoisotopic (exact) mass is 354 g/mol. The fourth-order valence-electron chi connectivity index (χ4n) is 2.57. The first-order chi connectivity index (χ1) is 11.4. The topological polar surface area (TPSA) is 92.8 Å². The molecule has 2 amide bonds. The summed E-state index contributed by atoms with van der Waals surface area (Å²) in [7, 11) is -2.47. The average Bonchev–Trinajstić information content (AvgIpc) is 2.94. The van der Waals surface area contributed by atoms with Crippen LogP contribution < -0.4 is 5.32 Å². The third kappa shape index (κ3) is 3.93. The van der Waals surface area contributed by atoms with Gasteiger partial charge >= 0.3 is 0 Å². The van der Waals surface area contributed by atoms with E-state index in [0.29, 0.717) is 19.6 Å². The number of hydrogen-bond donors (Lipinski definition) is 1. The first-order valence-corrected chi connectivity index (χ1v) is 9.22. The van der Waals surface area contributed by atoms with E-state index in [9.17, 15) is 18.0 Å². The van der Waals surface area contributed by atoms with E-state index in [1.807, 2.05) is 6.92 Å². The number of nitrogens with zero attached hydrogens (tertiary/aromatic N) is 1. The molecule has 0 aliphatic carbocycles. The van der Waals surface area contributed by atoms with Crippen molar-refractivity contribution in [3.8, 4) is 0 Å². The van der Waals surface area contributed by atoms with Gasteiger partial charge in [0.25, 0.3) is 10.0 Å². The van der Waals surface area contributed by atoms with Crippen LogP contribution in [0.4, 0.5) is 0 Å². The van der Waals surface area contributed by atoms with Crippen LogP contribution in [0.5, 0.6) is 0 Å². The molecular weight excluding hydrogens is 332 g/mol. The lowest BCUT2D eigenvalue weighted by Gasteiger charge is -2.23. The van der Waals surface area contributed by atoms with Gasteiger partial charge in [0.1, 0.15) is 6.04 Å². The van der Waals surface area contributed by atoms with Crippen molar-refractivity contribution in [1.82, 2.24) is 9.62 Å². The van der Waals surface area contributed by atoms with Gasteiger partial charge in [-0.3, -0.25) is 9.59 Å². The summed E-state index contributed by atoms with van der Waals surface area (Å²) in [4.78, 5) is 24.4. The highest BCUT2D eigenvalue weighted by Crippen LogP contribution is 2.27. The minimum absolute atomic E-state index is 0.0144. The third-order valence-electron chi connectivity index (χ3n) is 3.87. The number of amides is 2. The molecule has 0 saturated carbocycles. The van der Waals surface area contributed by atoms with Gasteiger partial charge in [-0.2, -0.15) is 0 Å². The molecule has 7 nitrogen and oxygen atoms in total. The highest BCUT2D eigenvalue weighted by molar-refractivity contribution is 7.89. The van der Waals surface area contributed by atoms with Crippen LogP contribution in [0.15, 0.2) is 29.2 Å². The number of benzene rings is 1. The largest absolute Gasteiger partial charge is 0.385 e. The zero-order valence-electron chi connectivity index (χ0n) is 13.8. The zero-order chi connectivity index (χ0) is 17.7. The number of methoxy groups -OCH3 is 1. The molecule has 1 aliphatic rings. The van der Waals surface area contributed by atoms with Crippen LogP contribution in [0.1, 0.15) is 24.8 Å². The molecule has 1 saturated heterocycles. The first-order valence-electron chi connectivity index (χ1n) is 7.78. The average molecular weight is 354 g/mol. The van der Waals surface area contributed by atoms with Crippen LogP contribution in [0.25, 0.3) is 0 Å². The number of ether oxygens (including phenoxy) is 1. The van der Waals surface area contributed by atoms with Gasteiger partial charge in [-0.05, 0) is 31.9 Å². The molecule has 0 bridgehead atoms. The van der Waals surface area contributed by atoms with Crippen LogP contribution in [0.3, 0.4) is 0 Å². The normalized spacial score (nSPS) is 18.0. The molecule has 0 radical (unpaired) electrons. The SMILES string of the molecule is COCCCNC(=O)C1CCC(=O)N1S(=O)(=O)c1ccc(C)cc1. The van der Waals surface area contributed by atoms with E-state index in [-0.39, 0.29) is 17.7 Å². The second-order valence-corrected chi connectivity index (χ2v) is 7.51. The number of rotatable bonds is 7. The number of nitrogens with one attached hydrogen (secondary N) is 1. The number of carbonyl (C=O) groups is 2. The second-order valence-electron chi connectivity index (χ2n) is 5.70. The van der Waals surface area contributed by atoms with Gasteiger partial charge < -0.3 is 10.1 Å². The Morgan fingerprint density at radius 2 is 2.00 bits per heavy atom. The fourth-order valence-corrected chi connectivity index (χ4v) is 4.17. The Morgan fingerprint density at radius 3 is 2.62 bits per heavy atom. The summed E-state index contributed by atoms with van der Waals surface area (Å²) in [5, 5.41) is 2.67. The van der Waals surface area contributed by atoms with Crippen molar-refractivity contribution < 1.29 is 22.7 Å². The lowest BCUT2D eigenvalue weighted by molar-refractivity contribution is -0.130. The predicted octanol–water partition coefficient (Wildman–Crippen LogP) is 0.827. The van der Waals surface area contributed by atoms with E-state index >= 15 is 0 Å². The van der Waals surface area contributed by atoms with Crippen molar-refractivity contribution in [3.63, 3.8) is 0 Å². The molecule has 1 atom stereocenters. The van der Waals surface area contributed by atoms with E-state index in [1.165, 1.54) is 12.1 Å². The molecule has 1 aliphatic heterocycles. The number of aryl methyl sites for hydroxylation is 1. The summed E-state index contributed by atoms with van der Waals surface area (Å²) in [5.74, 6) is -1.000. The highest BCUT2D eigenvalue weighted by atomic mass is 32.2. The first kappa shape index (κ1) is 18.4. The molecule has 132 valence electrons. The Hall–Kier alpha value is -1.93. The highest BCUT2D eigenvalue weighted by Gasteiger charge is 2.44. The van der Waals surface area contributed by atoms with Crippen molar-refractivity contribution in [1.29, 1.82) is 0 Å². The van der Waals surface area contributed by atoms with Crippen molar-refractivity contribution in [2.75, 3.05) is 20.3 Å². The van der Waals surface area contributed by atoms with Gasteiger partial charge in [0, 0.05) is 26.7 Å². The summed E-state index contributed by atoms with van der Waals surface area (Å²) in [6.45, 7) is 2.71. The molecule has 1 heterocycles. The van der Waals surface area contributed by atoms with E-state index in [0.717, 1.165) is 9.87 Å². The lowest BCUT2D eigenvalue weighted by atomic mass is 10.2. The molecule has 1 unspecified atom stereocenters. The predicted molar refractivity (Wildman–Crippen MR) is 87.7 cm³/mol. The molecule has 2 rings (SSSR count). The quantitative estimate of drug-likeness (QED) is 0.732. The zero-order valence-corrected chi connectivity index (χ0v) is 14.6. The Bertz CT molecular complexity index is 700. The van der Waals surface area contributed by atoms with Gasteiger partial charge in [-0.15, -0.1) is 0 Å². The minimum atomic E-state index is -4.04. The standard InChI is InChI=1S/C16H22N2O5S/c1-12-4-6-13(7-5-12)24(21,22)18-14(8-9-15(18)19)16(20)17-10-3-11-23-2/h4-7,14H,3,8-11H2,1-2H3,(H,17,20). The third-order valence-corrected chi connectivity index (χ3v) is 5.71. The fraction of sp³-hybridized carbons (Fsp3) is 0.500. The minimum Gasteiger partial charge on any atom is -0.385 e. The van der Waals surface area contributed by atoms with Crippen LogP contribution >= 0.6 is 0 Å². The van der Waals surface area contributed by atoms with Crippen LogP contribution in [0, 0.1) is 6.92 Å². The van der Waals surface area contributed by atoms with Crippen LogP contribution in [-0.4, -0.2) is 50.8 Å². The Morgan fingerprint density at radius 1 is 1.33 bits per heavy atom. The van der Waals surface area contributed by atoms with Gasteiger partial charge in [0.05, 0.1) is 4.90 Å². The van der Waals surface area contributed by atoms with Gasteiger partial charge in [-0.25, -0.2) is 12.7 Å².